The van der Waals surface area contributed by atoms with Crippen molar-refractivity contribution < 1.29 is 9.53 Å². The molecule has 5 nitrogen and oxygen atoms in total. The van der Waals surface area contributed by atoms with Crippen LogP contribution in [0, 0.1) is 0 Å². The van der Waals surface area contributed by atoms with Crippen LogP contribution in [-0.4, -0.2) is 54.2 Å². The maximum Gasteiger partial charge on any atom is 0.309 e. The van der Waals surface area contributed by atoms with Gasteiger partial charge < -0.3 is 15.0 Å². The van der Waals surface area contributed by atoms with Crippen molar-refractivity contribution in [3.63, 3.8) is 0 Å². The predicted molar refractivity (Wildman–Crippen MR) is 112 cm³/mol. The molecule has 0 saturated carbocycles. The number of esters is 1. The lowest BCUT2D eigenvalue weighted by atomic mass is 10.1. The molecule has 3 rings (SSSR count). The van der Waals surface area contributed by atoms with Gasteiger partial charge in [-0.25, -0.2) is 0 Å². The van der Waals surface area contributed by atoms with E-state index in [2.05, 4.69) is 44.1 Å². The Morgan fingerprint density at radius 2 is 1.67 bits per heavy atom. The lowest BCUT2D eigenvalue weighted by Crippen LogP contribution is -2.49. The zero-order valence-electron chi connectivity index (χ0n) is 15.6. The summed E-state index contributed by atoms with van der Waals surface area (Å²) in [5.41, 5.74) is 3.20. The number of benzene rings is 2. The summed E-state index contributed by atoms with van der Waals surface area (Å²) >= 11 is 5.57. The van der Waals surface area contributed by atoms with Crippen molar-refractivity contribution in [3.8, 4) is 0 Å². The van der Waals surface area contributed by atoms with E-state index in [0.717, 1.165) is 49.1 Å². The maximum atomic E-state index is 11.3. The number of piperazine rings is 1. The highest BCUT2D eigenvalue weighted by molar-refractivity contribution is 7.80. The first-order valence-electron chi connectivity index (χ1n) is 9.12. The van der Waals surface area contributed by atoms with Crippen molar-refractivity contribution in [1.82, 2.24) is 9.80 Å². The molecular weight excluding hydrogens is 358 g/mol. The second-order valence-corrected chi connectivity index (χ2v) is 7.02. The SMILES string of the molecule is COC(=O)Cc1ccc(NC(=S)N2CCN(Cc3ccccc3)CC2)cc1. The zero-order valence-corrected chi connectivity index (χ0v) is 16.4. The quantitative estimate of drug-likeness (QED) is 0.633. The van der Waals surface area contributed by atoms with Crippen LogP contribution < -0.4 is 5.32 Å². The van der Waals surface area contributed by atoms with Gasteiger partial charge in [0.25, 0.3) is 0 Å². The Hall–Kier alpha value is -2.44. The minimum atomic E-state index is -0.236. The molecule has 142 valence electrons. The molecule has 0 radical (unpaired) electrons. The lowest BCUT2D eigenvalue weighted by molar-refractivity contribution is -0.139. The smallest absolute Gasteiger partial charge is 0.309 e. The van der Waals surface area contributed by atoms with Crippen molar-refractivity contribution in [2.75, 3.05) is 38.6 Å². The van der Waals surface area contributed by atoms with Gasteiger partial charge in [0, 0.05) is 38.4 Å². The number of anilines is 1. The molecule has 2 aromatic rings. The molecular formula is C21H25N3O2S. The fourth-order valence-electron chi connectivity index (χ4n) is 3.10. The number of methoxy groups -OCH3 is 1. The van der Waals surface area contributed by atoms with Crippen LogP contribution in [0.5, 0.6) is 0 Å². The minimum absolute atomic E-state index is 0.236. The normalized spacial score (nSPS) is 14.6. The fourth-order valence-corrected chi connectivity index (χ4v) is 3.40. The van der Waals surface area contributed by atoms with E-state index in [9.17, 15) is 4.79 Å². The molecule has 0 amide bonds. The number of ether oxygens (including phenoxy) is 1. The molecule has 0 aromatic heterocycles. The van der Waals surface area contributed by atoms with Crippen LogP contribution in [0.4, 0.5) is 5.69 Å². The van der Waals surface area contributed by atoms with Crippen LogP contribution in [0.1, 0.15) is 11.1 Å². The number of hydrogen-bond acceptors (Lipinski definition) is 4. The van der Waals surface area contributed by atoms with Gasteiger partial charge in [0.1, 0.15) is 0 Å². The molecule has 0 bridgehead atoms. The molecule has 0 aliphatic carbocycles. The van der Waals surface area contributed by atoms with Crippen molar-refractivity contribution in [2.45, 2.75) is 13.0 Å². The third-order valence-electron chi connectivity index (χ3n) is 4.69. The van der Waals surface area contributed by atoms with Crippen molar-refractivity contribution in [1.29, 1.82) is 0 Å². The van der Waals surface area contributed by atoms with Gasteiger partial charge in [-0.3, -0.25) is 9.69 Å². The second kappa shape index (κ2) is 9.48. The number of nitrogens with one attached hydrogen (secondary N) is 1. The van der Waals surface area contributed by atoms with Gasteiger partial charge in [0.05, 0.1) is 13.5 Å². The zero-order chi connectivity index (χ0) is 19.1. The molecule has 1 N–H and O–H groups in total. The first-order chi connectivity index (χ1) is 13.1. The Labute approximate surface area is 165 Å². The van der Waals surface area contributed by atoms with Gasteiger partial charge >= 0.3 is 5.97 Å². The summed E-state index contributed by atoms with van der Waals surface area (Å²) in [7, 11) is 1.40. The Balaban J connectivity index is 1.46. The highest BCUT2D eigenvalue weighted by Gasteiger charge is 2.19. The number of carbonyl (C=O) groups is 1. The van der Waals surface area contributed by atoms with E-state index in [1.54, 1.807) is 0 Å². The van der Waals surface area contributed by atoms with E-state index in [4.69, 9.17) is 12.2 Å². The number of hydrogen-bond donors (Lipinski definition) is 1. The summed E-state index contributed by atoms with van der Waals surface area (Å²) in [5, 5.41) is 4.04. The monoisotopic (exact) mass is 383 g/mol. The minimum Gasteiger partial charge on any atom is -0.469 e. The van der Waals surface area contributed by atoms with E-state index in [0.29, 0.717) is 0 Å². The summed E-state index contributed by atoms with van der Waals surface area (Å²) in [6, 6.07) is 18.3. The molecule has 1 aliphatic rings. The number of nitrogens with zero attached hydrogens (tertiary/aromatic N) is 2. The predicted octanol–water partition coefficient (Wildman–Crippen LogP) is 2.92. The Kier molecular flexibility index (Phi) is 6.79. The Morgan fingerprint density at radius 3 is 2.30 bits per heavy atom. The molecule has 2 aromatic carbocycles. The van der Waals surface area contributed by atoms with Gasteiger partial charge in [-0.1, -0.05) is 42.5 Å². The molecule has 1 fully saturated rings. The first-order valence-corrected chi connectivity index (χ1v) is 9.53. The van der Waals surface area contributed by atoms with Crippen LogP contribution in [0.3, 0.4) is 0 Å². The third-order valence-corrected chi connectivity index (χ3v) is 5.05. The summed E-state index contributed by atoms with van der Waals surface area (Å²) in [5.74, 6) is -0.236. The average Bonchev–Trinajstić information content (AvgIpc) is 2.70. The van der Waals surface area contributed by atoms with Crippen molar-refractivity contribution in [2.24, 2.45) is 0 Å². The highest BCUT2D eigenvalue weighted by Crippen LogP contribution is 2.13. The van der Waals surface area contributed by atoms with Crippen LogP contribution in [0.2, 0.25) is 0 Å². The number of carbonyl (C=O) groups excluding carboxylic acids is 1. The average molecular weight is 384 g/mol. The topological polar surface area (TPSA) is 44.8 Å². The Bertz CT molecular complexity index is 757. The van der Waals surface area contributed by atoms with Gasteiger partial charge in [-0.05, 0) is 35.5 Å². The summed E-state index contributed by atoms with van der Waals surface area (Å²) in [6.07, 6.45) is 0.282. The van der Waals surface area contributed by atoms with Crippen LogP contribution in [-0.2, 0) is 22.5 Å². The van der Waals surface area contributed by atoms with E-state index >= 15 is 0 Å². The van der Waals surface area contributed by atoms with E-state index in [1.807, 2.05) is 30.3 Å². The molecule has 0 atom stereocenters. The van der Waals surface area contributed by atoms with Gasteiger partial charge in [-0.15, -0.1) is 0 Å². The van der Waals surface area contributed by atoms with E-state index < -0.39 is 0 Å². The summed E-state index contributed by atoms with van der Waals surface area (Å²) in [6.45, 7) is 4.80. The van der Waals surface area contributed by atoms with E-state index in [-0.39, 0.29) is 12.4 Å². The molecule has 27 heavy (non-hydrogen) atoms. The molecule has 1 heterocycles. The number of rotatable bonds is 5. The van der Waals surface area contributed by atoms with Gasteiger partial charge in [0.2, 0.25) is 0 Å². The third kappa shape index (κ3) is 5.77. The molecule has 6 heteroatoms. The molecule has 1 saturated heterocycles. The molecule has 1 aliphatic heterocycles. The fraction of sp³-hybridized carbons (Fsp3) is 0.333. The van der Waals surface area contributed by atoms with Gasteiger partial charge in [-0.2, -0.15) is 0 Å². The summed E-state index contributed by atoms with van der Waals surface area (Å²) in [4.78, 5) is 16.0. The maximum absolute atomic E-state index is 11.3. The molecule has 0 spiro atoms. The van der Waals surface area contributed by atoms with Crippen molar-refractivity contribution >= 4 is 29.0 Å². The first kappa shape index (κ1) is 19.3. The van der Waals surface area contributed by atoms with Crippen LogP contribution >= 0.6 is 12.2 Å². The standard InChI is InChI=1S/C21H25N3O2S/c1-26-20(25)15-17-7-9-19(10-8-17)22-21(27)24-13-11-23(12-14-24)16-18-5-3-2-4-6-18/h2-10H,11-16H2,1H3,(H,22,27). The molecule has 0 unspecified atom stereocenters. The number of thiocarbonyl (C=S) groups is 1. The summed E-state index contributed by atoms with van der Waals surface area (Å²) < 4.78 is 4.69. The van der Waals surface area contributed by atoms with Gasteiger partial charge in [0.15, 0.2) is 5.11 Å². The lowest BCUT2D eigenvalue weighted by Gasteiger charge is -2.36. The van der Waals surface area contributed by atoms with E-state index in [1.165, 1.54) is 12.7 Å². The van der Waals surface area contributed by atoms with Crippen molar-refractivity contribution in [3.05, 3.63) is 65.7 Å². The van der Waals surface area contributed by atoms with Crippen LogP contribution in [0.15, 0.2) is 54.6 Å². The van der Waals surface area contributed by atoms with Crippen LogP contribution in [0.25, 0.3) is 0 Å². The highest BCUT2D eigenvalue weighted by atomic mass is 32.1. The second-order valence-electron chi connectivity index (χ2n) is 6.63. The largest absolute Gasteiger partial charge is 0.469 e. The Morgan fingerprint density at radius 1 is 1.00 bits per heavy atom.